The number of benzene rings is 2. The molecule has 2 aromatic carbocycles. The number of anilines is 1. The van der Waals surface area contributed by atoms with Gasteiger partial charge in [0.05, 0.1) is 23.4 Å². The number of nitrogens with one attached hydrogen (secondary N) is 2. The number of carbonyl (C=O) groups excluding carboxylic acids is 1. The first-order chi connectivity index (χ1) is 14.0. The second kappa shape index (κ2) is 9.42. The first kappa shape index (κ1) is 20.7. The van der Waals surface area contributed by atoms with Gasteiger partial charge in [-0.15, -0.1) is 0 Å². The van der Waals surface area contributed by atoms with Gasteiger partial charge in [-0.3, -0.25) is 9.78 Å². The maximum atomic E-state index is 12.4. The summed E-state index contributed by atoms with van der Waals surface area (Å²) in [5, 5.41) is 2.75. The molecule has 0 spiro atoms. The van der Waals surface area contributed by atoms with E-state index in [1.54, 1.807) is 80.2 Å². The molecule has 0 bridgehead atoms. The van der Waals surface area contributed by atoms with E-state index in [2.05, 4.69) is 15.0 Å². The topological polar surface area (TPSA) is 97.4 Å². The van der Waals surface area contributed by atoms with Crippen LogP contribution in [0.4, 0.5) is 5.69 Å². The van der Waals surface area contributed by atoms with Crippen molar-refractivity contribution in [2.75, 3.05) is 12.4 Å². The van der Waals surface area contributed by atoms with Crippen molar-refractivity contribution in [3.05, 3.63) is 89.7 Å². The average Bonchev–Trinajstić information content (AvgIpc) is 2.74. The monoisotopic (exact) mass is 411 g/mol. The predicted molar refractivity (Wildman–Crippen MR) is 110 cm³/mol. The molecule has 0 fully saturated rings. The molecule has 0 aliphatic rings. The average molecular weight is 411 g/mol. The van der Waals surface area contributed by atoms with Gasteiger partial charge < -0.3 is 10.1 Å². The summed E-state index contributed by atoms with van der Waals surface area (Å²) in [5.74, 6) is -0.263. The standard InChI is InChI=1S/C21H21N3O4S/c1-28-15-17-6-10-20(11-7-17)29(26,27)23-13-16-4-8-18(9-5-16)21(25)24-19-3-2-12-22-14-19/h2-12,14,23H,13,15H2,1H3,(H,24,25). The van der Waals surface area contributed by atoms with Crippen LogP contribution >= 0.6 is 0 Å². The molecule has 0 saturated heterocycles. The van der Waals surface area contributed by atoms with Crippen molar-refractivity contribution < 1.29 is 17.9 Å². The molecule has 0 unspecified atom stereocenters. The molecule has 0 saturated carbocycles. The SMILES string of the molecule is COCc1ccc(S(=O)(=O)NCc2ccc(C(=O)Nc3cccnc3)cc2)cc1. The third-order valence-corrected chi connectivity index (χ3v) is 5.56. The van der Waals surface area contributed by atoms with Crippen LogP contribution in [-0.4, -0.2) is 26.4 Å². The zero-order valence-corrected chi connectivity index (χ0v) is 16.6. The number of carbonyl (C=O) groups is 1. The third kappa shape index (κ3) is 5.71. The van der Waals surface area contributed by atoms with E-state index in [0.29, 0.717) is 17.9 Å². The molecule has 0 radical (unpaired) electrons. The molecule has 3 aromatic rings. The first-order valence-corrected chi connectivity index (χ1v) is 10.3. The van der Waals surface area contributed by atoms with Crippen molar-refractivity contribution in [1.82, 2.24) is 9.71 Å². The molecule has 1 heterocycles. The number of aromatic nitrogens is 1. The minimum atomic E-state index is -3.63. The first-order valence-electron chi connectivity index (χ1n) is 8.86. The Morgan fingerprint density at radius 2 is 1.69 bits per heavy atom. The summed E-state index contributed by atoms with van der Waals surface area (Å²) in [6.07, 6.45) is 3.18. The van der Waals surface area contributed by atoms with E-state index in [0.717, 1.165) is 11.1 Å². The zero-order valence-electron chi connectivity index (χ0n) is 15.8. The Kier molecular flexibility index (Phi) is 6.71. The van der Waals surface area contributed by atoms with Gasteiger partial charge in [-0.2, -0.15) is 0 Å². The second-order valence-electron chi connectivity index (χ2n) is 6.29. The normalized spacial score (nSPS) is 11.2. The largest absolute Gasteiger partial charge is 0.380 e. The maximum absolute atomic E-state index is 12.4. The second-order valence-corrected chi connectivity index (χ2v) is 8.06. The fourth-order valence-electron chi connectivity index (χ4n) is 2.61. The van der Waals surface area contributed by atoms with Gasteiger partial charge in [0.15, 0.2) is 0 Å². The molecule has 0 aliphatic heterocycles. The summed E-state index contributed by atoms with van der Waals surface area (Å²) in [6, 6.07) is 16.7. The van der Waals surface area contributed by atoms with Crippen molar-refractivity contribution in [3.63, 3.8) is 0 Å². The number of nitrogens with zero attached hydrogens (tertiary/aromatic N) is 1. The Bertz CT molecular complexity index is 1050. The third-order valence-electron chi connectivity index (χ3n) is 4.15. The lowest BCUT2D eigenvalue weighted by Gasteiger charge is -2.09. The molecule has 0 atom stereocenters. The number of ether oxygens (including phenoxy) is 1. The highest BCUT2D eigenvalue weighted by Crippen LogP contribution is 2.13. The summed E-state index contributed by atoms with van der Waals surface area (Å²) < 4.78 is 32.5. The van der Waals surface area contributed by atoms with Crippen LogP contribution in [0.15, 0.2) is 78.0 Å². The highest BCUT2D eigenvalue weighted by atomic mass is 32.2. The Balaban J connectivity index is 1.60. The zero-order chi connectivity index (χ0) is 20.7. The maximum Gasteiger partial charge on any atom is 0.255 e. The van der Waals surface area contributed by atoms with Gasteiger partial charge in [0.2, 0.25) is 10.0 Å². The molecule has 7 nitrogen and oxygen atoms in total. The van der Waals surface area contributed by atoms with Gasteiger partial charge in [-0.25, -0.2) is 13.1 Å². The quantitative estimate of drug-likeness (QED) is 0.594. The van der Waals surface area contributed by atoms with Crippen LogP contribution in [0.3, 0.4) is 0 Å². The van der Waals surface area contributed by atoms with E-state index >= 15 is 0 Å². The molecule has 150 valence electrons. The highest BCUT2D eigenvalue weighted by Gasteiger charge is 2.14. The van der Waals surface area contributed by atoms with Crippen LogP contribution in [-0.2, 0) is 27.9 Å². The number of amides is 1. The molecule has 29 heavy (non-hydrogen) atoms. The fraction of sp³-hybridized carbons (Fsp3) is 0.143. The number of pyridine rings is 1. The van der Waals surface area contributed by atoms with Crippen LogP contribution in [0.25, 0.3) is 0 Å². The van der Waals surface area contributed by atoms with Crippen LogP contribution < -0.4 is 10.0 Å². The minimum absolute atomic E-state index is 0.118. The lowest BCUT2D eigenvalue weighted by Crippen LogP contribution is -2.23. The summed E-state index contributed by atoms with van der Waals surface area (Å²) in [6.45, 7) is 0.543. The number of methoxy groups -OCH3 is 1. The van der Waals surface area contributed by atoms with Crippen molar-refractivity contribution in [2.45, 2.75) is 18.0 Å². The summed E-state index contributed by atoms with van der Waals surface area (Å²) in [4.78, 5) is 16.4. The van der Waals surface area contributed by atoms with Crippen molar-refractivity contribution >= 4 is 21.6 Å². The Morgan fingerprint density at radius 1 is 1.00 bits per heavy atom. The van der Waals surface area contributed by atoms with Crippen LogP contribution in [0.2, 0.25) is 0 Å². The number of hydrogen-bond donors (Lipinski definition) is 2. The van der Waals surface area contributed by atoms with Gasteiger partial charge in [0.25, 0.3) is 5.91 Å². The number of hydrogen-bond acceptors (Lipinski definition) is 5. The smallest absolute Gasteiger partial charge is 0.255 e. The molecule has 8 heteroatoms. The minimum Gasteiger partial charge on any atom is -0.380 e. The highest BCUT2D eigenvalue weighted by molar-refractivity contribution is 7.89. The Hall–Kier alpha value is -3.07. The van der Waals surface area contributed by atoms with Crippen LogP contribution in [0, 0.1) is 0 Å². The van der Waals surface area contributed by atoms with Gasteiger partial charge in [-0.1, -0.05) is 24.3 Å². The molecule has 3 rings (SSSR count). The van der Waals surface area contributed by atoms with Crippen LogP contribution in [0.1, 0.15) is 21.5 Å². The van der Waals surface area contributed by atoms with Crippen LogP contribution in [0.5, 0.6) is 0 Å². The lowest BCUT2D eigenvalue weighted by atomic mass is 10.1. The van der Waals surface area contributed by atoms with E-state index in [-0.39, 0.29) is 17.3 Å². The lowest BCUT2D eigenvalue weighted by molar-refractivity contribution is 0.102. The summed E-state index contributed by atoms with van der Waals surface area (Å²) in [7, 11) is -2.05. The molecular formula is C21H21N3O4S. The molecule has 2 N–H and O–H groups in total. The van der Waals surface area contributed by atoms with Crippen molar-refractivity contribution in [2.24, 2.45) is 0 Å². The number of sulfonamides is 1. The summed E-state index contributed by atoms with van der Waals surface area (Å²) in [5.41, 5.74) is 2.70. The molecule has 1 aromatic heterocycles. The van der Waals surface area contributed by atoms with E-state index in [1.165, 1.54) is 0 Å². The van der Waals surface area contributed by atoms with Gasteiger partial charge >= 0.3 is 0 Å². The van der Waals surface area contributed by atoms with E-state index in [9.17, 15) is 13.2 Å². The van der Waals surface area contributed by atoms with Gasteiger partial charge in [0, 0.05) is 25.4 Å². The van der Waals surface area contributed by atoms with E-state index in [4.69, 9.17) is 4.74 Å². The Labute approximate surface area is 169 Å². The van der Waals surface area contributed by atoms with Crippen molar-refractivity contribution in [1.29, 1.82) is 0 Å². The molecular weight excluding hydrogens is 390 g/mol. The Morgan fingerprint density at radius 3 is 2.31 bits per heavy atom. The molecule has 1 amide bonds. The summed E-state index contributed by atoms with van der Waals surface area (Å²) >= 11 is 0. The van der Waals surface area contributed by atoms with E-state index < -0.39 is 10.0 Å². The van der Waals surface area contributed by atoms with Gasteiger partial charge in [-0.05, 0) is 47.5 Å². The fourth-order valence-corrected chi connectivity index (χ4v) is 3.62. The van der Waals surface area contributed by atoms with Gasteiger partial charge in [0.1, 0.15) is 0 Å². The van der Waals surface area contributed by atoms with Crippen molar-refractivity contribution in [3.8, 4) is 0 Å². The molecule has 0 aliphatic carbocycles. The predicted octanol–water partition coefficient (Wildman–Crippen LogP) is 2.96. The van der Waals surface area contributed by atoms with E-state index in [1.807, 2.05) is 0 Å². The number of rotatable bonds is 8.